The molecule has 1 aromatic carbocycles. The summed E-state index contributed by atoms with van der Waals surface area (Å²) in [5, 5.41) is 8.75. The fourth-order valence-electron chi connectivity index (χ4n) is 3.20. The van der Waals surface area contributed by atoms with Crippen LogP contribution in [-0.2, 0) is 24.9 Å². The monoisotopic (exact) mass is 270 g/mol. The summed E-state index contributed by atoms with van der Waals surface area (Å²) in [7, 11) is 0. The fourth-order valence-corrected chi connectivity index (χ4v) is 3.20. The molecule has 20 heavy (non-hydrogen) atoms. The maximum atomic E-state index is 5.82. The number of nitrogens with zero attached hydrogens (tertiary/aromatic N) is 3. The molecule has 0 bridgehead atoms. The smallest absolute Gasteiger partial charge is 0.147 e. The van der Waals surface area contributed by atoms with E-state index in [4.69, 9.17) is 5.73 Å². The van der Waals surface area contributed by atoms with Gasteiger partial charge < -0.3 is 10.3 Å². The SMILES string of the molecule is CC(C)(C)n1c(CN)nnc1C1Cc2ccccc2C1. The van der Waals surface area contributed by atoms with Crippen molar-refractivity contribution in [3.63, 3.8) is 0 Å². The van der Waals surface area contributed by atoms with Crippen molar-refractivity contribution in [2.45, 2.75) is 51.6 Å². The lowest BCUT2D eigenvalue weighted by molar-refractivity contribution is 0.360. The van der Waals surface area contributed by atoms with Crippen LogP contribution in [0.1, 0.15) is 49.5 Å². The lowest BCUT2D eigenvalue weighted by Crippen LogP contribution is -2.28. The summed E-state index contributed by atoms with van der Waals surface area (Å²) >= 11 is 0. The number of fused-ring (bicyclic) bond motifs is 1. The molecule has 0 amide bonds. The molecule has 106 valence electrons. The highest BCUT2D eigenvalue weighted by Crippen LogP contribution is 2.35. The molecule has 1 heterocycles. The highest BCUT2D eigenvalue weighted by Gasteiger charge is 2.31. The van der Waals surface area contributed by atoms with Crippen LogP contribution in [0.15, 0.2) is 24.3 Å². The van der Waals surface area contributed by atoms with Gasteiger partial charge in [-0.3, -0.25) is 0 Å². The number of aromatic nitrogens is 3. The van der Waals surface area contributed by atoms with Gasteiger partial charge in [-0.2, -0.15) is 0 Å². The van der Waals surface area contributed by atoms with Gasteiger partial charge in [-0.05, 0) is 44.7 Å². The second-order valence-electron chi connectivity index (χ2n) is 6.56. The maximum absolute atomic E-state index is 5.82. The zero-order valence-electron chi connectivity index (χ0n) is 12.4. The maximum Gasteiger partial charge on any atom is 0.147 e. The van der Waals surface area contributed by atoms with E-state index < -0.39 is 0 Å². The fraction of sp³-hybridized carbons (Fsp3) is 0.500. The van der Waals surface area contributed by atoms with E-state index in [1.807, 2.05) is 0 Å². The molecule has 2 N–H and O–H groups in total. The van der Waals surface area contributed by atoms with Crippen LogP contribution in [0.5, 0.6) is 0 Å². The van der Waals surface area contributed by atoms with E-state index in [1.54, 1.807) is 0 Å². The van der Waals surface area contributed by atoms with Gasteiger partial charge in [0.05, 0.1) is 6.54 Å². The summed E-state index contributed by atoms with van der Waals surface area (Å²) in [6.45, 7) is 6.98. The third-order valence-corrected chi connectivity index (χ3v) is 4.02. The van der Waals surface area contributed by atoms with Gasteiger partial charge in [0.15, 0.2) is 0 Å². The van der Waals surface area contributed by atoms with Crippen LogP contribution >= 0.6 is 0 Å². The van der Waals surface area contributed by atoms with Crippen LogP contribution in [0, 0.1) is 0 Å². The van der Waals surface area contributed by atoms with Crippen LogP contribution in [0.2, 0.25) is 0 Å². The van der Waals surface area contributed by atoms with E-state index in [1.165, 1.54) is 11.1 Å². The number of hydrogen-bond acceptors (Lipinski definition) is 3. The van der Waals surface area contributed by atoms with Crippen molar-refractivity contribution in [2.75, 3.05) is 0 Å². The lowest BCUT2D eigenvalue weighted by Gasteiger charge is -2.26. The zero-order chi connectivity index (χ0) is 14.3. The first-order chi connectivity index (χ1) is 9.50. The van der Waals surface area contributed by atoms with E-state index in [2.05, 4.69) is 59.8 Å². The van der Waals surface area contributed by atoms with Crippen molar-refractivity contribution in [1.82, 2.24) is 14.8 Å². The van der Waals surface area contributed by atoms with Gasteiger partial charge in [0.1, 0.15) is 11.6 Å². The van der Waals surface area contributed by atoms with E-state index in [0.717, 1.165) is 24.5 Å². The van der Waals surface area contributed by atoms with Crippen molar-refractivity contribution >= 4 is 0 Å². The first-order valence-electron chi connectivity index (χ1n) is 7.22. The van der Waals surface area contributed by atoms with Gasteiger partial charge in [0, 0.05) is 11.5 Å². The van der Waals surface area contributed by atoms with Crippen molar-refractivity contribution < 1.29 is 0 Å². The van der Waals surface area contributed by atoms with E-state index in [0.29, 0.717) is 12.5 Å². The average Bonchev–Trinajstić information content (AvgIpc) is 3.01. The van der Waals surface area contributed by atoms with Crippen LogP contribution in [0.3, 0.4) is 0 Å². The van der Waals surface area contributed by atoms with Gasteiger partial charge >= 0.3 is 0 Å². The topological polar surface area (TPSA) is 56.7 Å². The molecular formula is C16H22N4. The Morgan fingerprint density at radius 2 is 1.75 bits per heavy atom. The summed E-state index contributed by atoms with van der Waals surface area (Å²) < 4.78 is 2.23. The van der Waals surface area contributed by atoms with Crippen molar-refractivity contribution in [3.8, 4) is 0 Å². The van der Waals surface area contributed by atoms with Crippen LogP contribution in [0.4, 0.5) is 0 Å². The predicted octanol–water partition coefficient (Wildman–Crippen LogP) is 2.37. The molecule has 0 saturated heterocycles. The third-order valence-electron chi connectivity index (χ3n) is 4.02. The Bertz CT molecular complexity index is 597. The zero-order valence-corrected chi connectivity index (χ0v) is 12.4. The van der Waals surface area contributed by atoms with Crippen molar-refractivity contribution in [3.05, 3.63) is 47.0 Å². The van der Waals surface area contributed by atoms with Crippen LogP contribution < -0.4 is 5.73 Å². The van der Waals surface area contributed by atoms with Crippen LogP contribution in [-0.4, -0.2) is 14.8 Å². The largest absolute Gasteiger partial charge is 0.324 e. The molecule has 1 aliphatic rings. The molecule has 3 rings (SSSR count). The second-order valence-corrected chi connectivity index (χ2v) is 6.56. The summed E-state index contributed by atoms with van der Waals surface area (Å²) in [6, 6.07) is 8.66. The van der Waals surface area contributed by atoms with Crippen molar-refractivity contribution in [1.29, 1.82) is 0 Å². The third kappa shape index (κ3) is 2.14. The minimum absolute atomic E-state index is 0.0394. The standard InChI is InChI=1S/C16H22N4/c1-16(2,3)20-14(10-17)18-19-15(20)13-8-11-6-4-5-7-12(11)9-13/h4-7,13H,8-10,17H2,1-3H3. The number of hydrogen-bond donors (Lipinski definition) is 1. The molecule has 0 unspecified atom stereocenters. The van der Waals surface area contributed by atoms with E-state index in [9.17, 15) is 0 Å². The molecule has 1 aliphatic carbocycles. The Kier molecular flexibility index (Phi) is 3.13. The van der Waals surface area contributed by atoms with E-state index >= 15 is 0 Å². The highest BCUT2D eigenvalue weighted by molar-refractivity contribution is 5.35. The average molecular weight is 270 g/mol. The number of nitrogens with two attached hydrogens (primary N) is 1. The Morgan fingerprint density at radius 1 is 1.15 bits per heavy atom. The molecular weight excluding hydrogens is 248 g/mol. The van der Waals surface area contributed by atoms with Gasteiger partial charge in [-0.25, -0.2) is 0 Å². The Labute approximate surface area is 120 Å². The molecule has 0 saturated carbocycles. The highest BCUT2D eigenvalue weighted by atomic mass is 15.3. The number of rotatable bonds is 2. The minimum Gasteiger partial charge on any atom is -0.324 e. The van der Waals surface area contributed by atoms with Gasteiger partial charge in [-0.15, -0.1) is 10.2 Å². The molecule has 0 atom stereocenters. The summed E-state index contributed by atoms with van der Waals surface area (Å²) in [6.07, 6.45) is 2.10. The molecule has 1 aromatic heterocycles. The lowest BCUT2D eigenvalue weighted by atomic mass is 10.0. The second kappa shape index (κ2) is 4.70. The molecule has 4 heteroatoms. The first-order valence-corrected chi connectivity index (χ1v) is 7.22. The summed E-state index contributed by atoms with van der Waals surface area (Å²) in [5.74, 6) is 2.37. The molecule has 2 aromatic rings. The van der Waals surface area contributed by atoms with E-state index in [-0.39, 0.29) is 5.54 Å². The van der Waals surface area contributed by atoms with Crippen LogP contribution in [0.25, 0.3) is 0 Å². The minimum atomic E-state index is -0.0394. The predicted molar refractivity (Wildman–Crippen MR) is 79.5 cm³/mol. The molecule has 0 spiro atoms. The molecule has 0 fully saturated rings. The summed E-state index contributed by atoms with van der Waals surface area (Å²) in [4.78, 5) is 0. The summed E-state index contributed by atoms with van der Waals surface area (Å²) in [5.41, 5.74) is 8.66. The van der Waals surface area contributed by atoms with Crippen molar-refractivity contribution in [2.24, 2.45) is 5.73 Å². The first kappa shape index (κ1) is 13.3. The number of benzene rings is 1. The molecule has 4 nitrogen and oxygen atoms in total. The Balaban J connectivity index is 1.99. The van der Waals surface area contributed by atoms with Gasteiger partial charge in [-0.1, -0.05) is 24.3 Å². The molecule has 0 aliphatic heterocycles. The van der Waals surface area contributed by atoms with Gasteiger partial charge in [0.2, 0.25) is 0 Å². The van der Waals surface area contributed by atoms with Gasteiger partial charge in [0.25, 0.3) is 0 Å². The Hall–Kier alpha value is -1.68. The Morgan fingerprint density at radius 3 is 2.25 bits per heavy atom. The normalized spacial score (nSPS) is 15.6. The molecule has 0 radical (unpaired) electrons. The quantitative estimate of drug-likeness (QED) is 0.911.